The minimum atomic E-state index is -0.235. The van der Waals surface area contributed by atoms with Gasteiger partial charge >= 0.3 is 11.4 Å². The highest BCUT2D eigenvalue weighted by molar-refractivity contribution is 5.37. The van der Waals surface area contributed by atoms with Gasteiger partial charge < -0.3 is 4.74 Å². The average Bonchev–Trinajstić information content (AvgIpc) is 2.48. The maximum Gasteiger partial charge on any atom is 0.316 e. The predicted octanol–water partition coefficient (Wildman–Crippen LogP) is 3.42. The molecular formula is C15H14N2O5+2. The fraction of sp³-hybridized carbons (Fsp3) is 0.0667. The lowest BCUT2D eigenvalue weighted by Gasteiger charge is -2.08. The molecule has 0 aliphatic carbocycles. The van der Waals surface area contributed by atoms with Crippen molar-refractivity contribution in [1.29, 1.82) is 0 Å². The molecule has 0 aliphatic heterocycles. The summed E-state index contributed by atoms with van der Waals surface area (Å²) in [5.74, 6) is 0.944. The summed E-state index contributed by atoms with van der Waals surface area (Å²) >= 11 is 0. The van der Waals surface area contributed by atoms with Gasteiger partial charge in [-0.25, -0.2) is 10.4 Å². The molecule has 0 bridgehead atoms. The maximum absolute atomic E-state index is 10.7. The second-order valence-electron chi connectivity index (χ2n) is 4.52. The Hall–Kier alpha value is -3.22. The van der Waals surface area contributed by atoms with Crippen LogP contribution >= 0.6 is 0 Å². The fourth-order valence-electron chi connectivity index (χ4n) is 1.81. The summed E-state index contributed by atoms with van der Waals surface area (Å²) in [4.78, 5) is 20.9. The first-order chi connectivity index (χ1) is 10.5. The smallest absolute Gasteiger partial charge is 0.316 e. The van der Waals surface area contributed by atoms with Crippen molar-refractivity contribution in [2.24, 2.45) is 0 Å². The molecule has 2 aromatic rings. The zero-order valence-electron chi connectivity index (χ0n) is 11.5. The number of allylic oxidation sites excluding steroid dienone is 1. The number of nitrogens with zero attached hydrogens (tertiary/aromatic N) is 2. The van der Waals surface area contributed by atoms with Gasteiger partial charge in [0.25, 0.3) is 9.85 Å². The molecule has 7 heteroatoms. The molecule has 0 aromatic heterocycles. The third-order valence-corrected chi connectivity index (χ3v) is 2.88. The number of benzene rings is 2. The van der Waals surface area contributed by atoms with E-state index < -0.39 is 0 Å². The van der Waals surface area contributed by atoms with Crippen LogP contribution in [-0.4, -0.2) is 20.3 Å². The Balaban J connectivity index is 1.97. The van der Waals surface area contributed by atoms with E-state index in [1.807, 2.05) is 0 Å². The summed E-state index contributed by atoms with van der Waals surface area (Å²) < 4.78 is 5.51. The van der Waals surface area contributed by atoms with Gasteiger partial charge in [-0.1, -0.05) is 18.7 Å². The molecular weight excluding hydrogens is 288 g/mol. The molecule has 0 fully saturated rings. The van der Waals surface area contributed by atoms with E-state index in [4.69, 9.17) is 15.2 Å². The van der Waals surface area contributed by atoms with Crippen molar-refractivity contribution in [2.75, 3.05) is 0 Å². The topological polar surface area (TPSA) is 89.9 Å². The van der Waals surface area contributed by atoms with Crippen molar-refractivity contribution >= 4 is 11.4 Å². The minimum Gasteiger partial charge on any atom is -0.462 e. The van der Waals surface area contributed by atoms with Gasteiger partial charge in [0.15, 0.2) is 0 Å². The zero-order chi connectivity index (χ0) is 16.1. The number of hydrogen-bond acceptors (Lipinski definition) is 3. The quantitative estimate of drug-likeness (QED) is 0.630. The average molecular weight is 302 g/mol. The lowest BCUT2D eigenvalue weighted by Crippen LogP contribution is -1.99. The molecule has 2 N–H and O–H groups in total. The molecule has 7 nitrogen and oxygen atoms in total. The summed E-state index contributed by atoms with van der Waals surface area (Å²) in [6.45, 7) is 3.80. The first-order valence-electron chi connectivity index (χ1n) is 6.32. The van der Waals surface area contributed by atoms with Gasteiger partial charge in [0.2, 0.25) is 0 Å². The highest BCUT2D eigenvalue weighted by Crippen LogP contribution is 2.20. The summed E-state index contributed by atoms with van der Waals surface area (Å²) in [7, 11) is 0. The van der Waals surface area contributed by atoms with Crippen LogP contribution in [-0.2, 0) is 6.42 Å². The zero-order valence-corrected chi connectivity index (χ0v) is 11.5. The van der Waals surface area contributed by atoms with E-state index in [0.717, 1.165) is 5.56 Å². The van der Waals surface area contributed by atoms with Crippen LogP contribution in [0.1, 0.15) is 5.56 Å². The van der Waals surface area contributed by atoms with Gasteiger partial charge in [-0.15, -0.1) is 0 Å². The fourth-order valence-corrected chi connectivity index (χ4v) is 1.81. The van der Waals surface area contributed by atoms with Crippen LogP contribution in [0.4, 0.5) is 11.4 Å². The molecule has 0 spiro atoms. The van der Waals surface area contributed by atoms with E-state index in [-0.39, 0.29) is 21.2 Å². The summed E-state index contributed by atoms with van der Waals surface area (Å²) in [5, 5.41) is 17.5. The Bertz CT molecular complexity index is 646. The Morgan fingerprint density at radius 3 is 1.82 bits per heavy atom. The Morgan fingerprint density at radius 2 is 1.36 bits per heavy atom. The Morgan fingerprint density at radius 1 is 0.909 bits per heavy atom. The number of hydrogen-bond donors (Lipinski definition) is 2. The Labute approximate surface area is 125 Å². The molecule has 0 heterocycles. The summed E-state index contributed by atoms with van der Waals surface area (Å²) in [5.41, 5.74) is 1.09. The molecule has 0 amide bonds. The molecule has 0 atom stereocenters. The second kappa shape index (κ2) is 6.49. The van der Waals surface area contributed by atoms with Gasteiger partial charge in [0, 0.05) is 30.7 Å². The van der Waals surface area contributed by atoms with Crippen LogP contribution in [0, 0.1) is 9.81 Å². The van der Waals surface area contributed by atoms with Gasteiger partial charge in [0.1, 0.15) is 11.5 Å². The third kappa shape index (κ3) is 3.89. The second-order valence-corrected chi connectivity index (χ2v) is 4.52. The summed E-state index contributed by atoms with van der Waals surface area (Å²) in [6.07, 6.45) is 0.417. The highest BCUT2D eigenvalue weighted by atomic mass is 16.6. The van der Waals surface area contributed by atoms with Crippen LogP contribution in [0.25, 0.3) is 0 Å². The SMILES string of the molecule is C=C(Cc1ccc([N+](=O)O)cc1)Oc1ccc([N+](=O)O)cc1. The highest BCUT2D eigenvalue weighted by Gasteiger charge is 2.12. The van der Waals surface area contributed by atoms with E-state index in [0.29, 0.717) is 17.9 Å². The molecule has 0 radical (unpaired) electrons. The molecule has 2 rings (SSSR count). The normalized spacial score (nSPS) is 10.0. The van der Waals surface area contributed by atoms with Crippen molar-refractivity contribution in [1.82, 2.24) is 0 Å². The molecule has 22 heavy (non-hydrogen) atoms. The molecule has 0 saturated heterocycles. The monoisotopic (exact) mass is 302 g/mol. The molecule has 2 aromatic carbocycles. The standard InChI is InChI=1S/C15H14N2O5/c1-11(10-12-2-4-13(5-3-12)16(18)19)22-15-8-6-14(7-9-15)17(20)21/h2-9H,1,10H2,(H,18,19)(H,20,21)/q+2. The molecule has 0 aliphatic rings. The first kappa shape index (κ1) is 15.2. The van der Waals surface area contributed by atoms with Crippen molar-refractivity contribution in [3.05, 3.63) is 76.2 Å². The van der Waals surface area contributed by atoms with Gasteiger partial charge in [-0.2, -0.15) is 0 Å². The van der Waals surface area contributed by atoms with Crippen LogP contribution in [0.3, 0.4) is 0 Å². The van der Waals surface area contributed by atoms with Crippen LogP contribution < -0.4 is 4.74 Å². The lowest BCUT2D eigenvalue weighted by molar-refractivity contribution is -0.729. The predicted molar refractivity (Wildman–Crippen MR) is 76.5 cm³/mol. The lowest BCUT2D eigenvalue weighted by atomic mass is 10.1. The number of rotatable bonds is 6. The van der Waals surface area contributed by atoms with Crippen LogP contribution in [0.15, 0.2) is 60.9 Å². The Kier molecular flexibility index (Phi) is 4.47. The maximum atomic E-state index is 10.7. The molecule has 0 unspecified atom stereocenters. The van der Waals surface area contributed by atoms with E-state index in [2.05, 4.69) is 6.58 Å². The van der Waals surface area contributed by atoms with E-state index in [1.54, 1.807) is 12.1 Å². The van der Waals surface area contributed by atoms with Crippen molar-refractivity contribution in [3.8, 4) is 5.75 Å². The van der Waals surface area contributed by atoms with Gasteiger partial charge in [-0.05, 0) is 17.7 Å². The molecule has 112 valence electrons. The van der Waals surface area contributed by atoms with Gasteiger partial charge in [0.05, 0.1) is 9.81 Å². The van der Waals surface area contributed by atoms with E-state index >= 15 is 0 Å². The third-order valence-electron chi connectivity index (χ3n) is 2.88. The largest absolute Gasteiger partial charge is 0.462 e. The van der Waals surface area contributed by atoms with Crippen LogP contribution in [0.2, 0.25) is 0 Å². The van der Waals surface area contributed by atoms with Crippen LogP contribution in [0.5, 0.6) is 5.75 Å². The molecule has 0 saturated carbocycles. The van der Waals surface area contributed by atoms with Crippen molar-refractivity contribution < 1.29 is 25.0 Å². The first-order valence-corrected chi connectivity index (χ1v) is 6.32. The van der Waals surface area contributed by atoms with E-state index in [9.17, 15) is 9.81 Å². The van der Waals surface area contributed by atoms with Gasteiger partial charge in [-0.3, -0.25) is 0 Å². The van der Waals surface area contributed by atoms with E-state index in [1.165, 1.54) is 36.4 Å². The minimum absolute atomic E-state index is 0.0970. The summed E-state index contributed by atoms with van der Waals surface area (Å²) in [6, 6.07) is 12.2. The van der Waals surface area contributed by atoms with Crippen molar-refractivity contribution in [2.45, 2.75) is 6.42 Å². The van der Waals surface area contributed by atoms with Crippen molar-refractivity contribution in [3.63, 3.8) is 0 Å². The number of ether oxygens (including phenoxy) is 1.